The van der Waals surface area contributed by atoms with Crippen LogP contribution in [0.4, 0.5) is 5.69 Å². The van der Waals surface area contributed by atoms with Gasteiger partial charge in [-0.05, 0) is 18.2 Å². The number of phenols is 1. The van der Waals surface area contributed by atoms with Gasteiger partial charge in [-0.3, -0.25) is 0 Å². The van der Waals surface area contributed by atoms with Crippen molar-refractivity contribution in [3.8, 4) is 5.75 Å². The van der Waals surface area contributed by atoms with Gasteiger partial charge in [0.2, 0.25) is 0 Å². The van der Waals surface area contributed by atoms with Gasteiger partial charge in [0.25, 0.3) is 0 Å². The third-order valence-corrected chi connectivity index (χ3v) is 1.73. The van der Waals surface area contributed by atoms with Crippen LogP contribution in [0.3, 0.4) is 0 Å². The van der Waals surface area contributed by atoms with Crippen LogP contribution in [0.2, 0.25) is 0 Å². The number of fused-ring (bicyclic) bond motifs is 1. The minimum absolute atomic E-state index is 0.260. The number of aromatic amines is 1. The van der Waals surface area contributed by atoms with E-state index in [-0.39, 0.29) is 5.75 Å². The molecule has 0 aliphatic heterocycles. The van der Waals surface area contributed by atoms with Crippen molar-refractivity contribution in [2.75, 3.05) is 5.73 Å². The summed E-state index contributed by atoms with van der Waals surface area (Å²) in [6, 6.07) is 5.06. The molecule has 1 aromatic carbocycles. The fraction of sp³-hybridized carbons (Fsp3) is 0. The van der Waals surface area contributed by atoms with Crippen LogP contribution in [0, 0.1) is 0 Å². The summed E-state index contributed by atoms with van der Waals surface area (Å²) >= 11 is 0. The van der Waals surface area contributed by atoms with Crippen LogP contribution in [0.25, 0.3) is 10.9 Å². The number of nitrogens with two attached hydrogens (primary N) is 1. The number of H-pyrrole nitrogens is 1. The van der Waals surface area contributed by atoms with Crippen LogP contribution in [0.5, 0.6) is 5.75 Å². The van der Waals surface area contributed by atoms with Gasteiger partial charge in [-0.15, -0.1) is 0 Å². The van der Waals surface area contributed by atoms with Crippen molar-refractivity contribution in [3.05, 3.63) is 24.4 Å². The van der Waals surface area contributed by atoms with Crippen molar-refractivity contribution >= 4 is 16.6 Å². The molecular formula is C8H8N2O. The van der Waals surface area contributed by atoms with Crippen molar-refractivity contribution < 1.29 is 5.11 Å². The molecule has 2 aromatic rings. The highest BCUT2D eigenvalue weighted by molar-refractivity contribution is 5.94. The summed E-state index contributed by atoms with van der Waals surface area (Å²) in [6.45, 7) is 0. The van der Waals surface area contributed by atoms with E-state index in [1.807, 2.05) is 0 Å². The van der Waals surface area contributed by atoms with E-state index in [9.17, 15) is 5.11 Å². The Bertz CT molecular complexity index is 356. The quantitative estimate of drug-likeness (QED) is 0.391. The lowest BCUT2D eigenvalue weighted by atomic mass is 10.2. The summed E-state index contributed by atoms with van der Waals surface area (Å²) in [4.78, 5) is 2.94. The van der Waals surface area contributed by atoms with Crippen molar-refractivity contribution in [2.24, 2.45) is 0 Å². The van der Waals surface area contributed by atoms with E-state index in [4.69, 9.17) is 5.73 Å². The molecule has 0 unspecified atom stereocenters. The topological polar surface area (TPSA) is 62.0 Å². The Kier molecular flexibility index (Phi) is 1.06. The number of rotatable bonds is 0. The number of hydrogen-bond acceptors (Lipinski definition) is 2. The first-order chi connectivity index (χ1) is 5.29. The maximum atomic E-state index is 9.31. The Morgan fingerprint density at radius 1 is 1.27 bits per heavy atom. The maximum Gasteiger partial charge on any atom is 0.125 e. The van der Waals surface area contributed by atoms with Crippen LogP contribution in [0.15, 0.2) is 24.4 Å². The van der Waals surface area contributed by atoms with Gasteiger partial charge in [-0.2, -0.15) is 0 Å². The summed E-state index contributed by atoms with van der Waals surface area (Å²) in [5.74, 6) is 0.260. The zero-order valence-electron chi connectivity index (χ0n) is 5.83. The second-order valence-electron chi connectivity index (χ2n) is 2.44. The van der Waals surface area contributed by atoms with Gasteiger partial charge in [0.05, 0.1) is 11.2 Å². The third kappa shape index (κ3) is 0.741. The molecule has 3 nitrogen and oxygen atoms in total. The molecule has 0 saturated heterocycles. The fourth-order valence-electron chi connectivity index (χ4n) is 1.16. The molecule has 0 spiro atoms. The number of benzene rings is 1. The molecule has 0 saturated carbocycles. The molecule has 1 aromatic heterocycles. The second kappa shape index (κ2) is 1.92. The number of aromatic hydroxyl groups is 1. The van der Waals surface area contributed by atoms with E-state index >= 15 is 0 Å². The van der Waals surface area contributed by atoms with Gasteiger partial charge in [0, 0.05) is 11.6 Å². The summed E-state index contributed by atoms with van der Waals surface area (Å²) in [6.07, 6.45) is 1.75. The van der Waals surface area contributed by atoms with E-state index in [1.165, 1.54) is 0 Å². The van der Waals surface area contributed by atoms with Gasteiger partial charge in [-0.1, -0.05) is 0 Å². The number of anilines is 1. The van der Waals surface area contributed by atoms with Gasteiger partial charge in [0.15, 0.2) is 0 Å². The molecule has 0 bridgehead atoms. The van der Waals surface area contributed by atoms with E-state index in [1.54, 1.807) is 24.4 Å². The average Bonchev–Trinajstić information content (AvgIpc) is 2.45. The largest absolute Gasteiger partial charge is 0.507 e. The Labute approximate surface area is 63.5 Å². The molecule has 0 atom stereocenters. The minimum atomic E-state index is 0.260. The lowest BCUT2D eigenvalue weighted by molar-refractivity contribution is 0.482. The van der Waals surface area contributed by atoms with Crippen molar-refractivity contribution in [1.29, 1.82) is 0 Å². The molecule has 0 aliphatic rings. The molecule has 11 heavy (non-hydrogen) atoms. The molecule has 2 rings (SSSR count). The van der Waals surface area contributed by atoms with Crippen LogP contribution in [0.1, 0.15) is 0 Å². The first-order valence-corrected chi connectivity index (χ1v) is 3.33. The number of hydrogen-bond donors (Lipinski definition) is 3. The molecule has 0 fully saturated rings. The monoisotopic (exact) mass is 148 g/mol. The predicted octanol–water partition coefficient (Wildman–Crippen LogP) is 1.46. The van der Waals surface area contributed by atoms with Gasteiger partial charge >= 0.3 is 0 Å². The second-order valence-corrected chi connectivity index (χ2v) is 2.44. The van der Waals surface area contributed by atoms with Crippen molar-refractivity contribution in [3.63, 3.8) is 0 Å². The Balaban J connectivity index is 2.96. The predicted molar refractivity (Wildman–Crippen MR) is 44.4 cm³/mol. The van der Waals surface area contributed by atoms with Crippen molar-refractivity contribution in [2.45, 2.75) is 0 Å². The molecule has 0 aliphatic carbocycles. The molecule has 4 N–H and O–H groups in total. The highest BCUT2D eigenvalue weighted by atomic mass is 16.3. The zero-order chi connectivity index (χ0) is 7.84. The third-order valence-electron chi connectivity index (χ3n) is 1.73. The van der Waals surface area contributed by atoms with Gasteiger partial charge < -0.3 is 15.8 Å². The Hall–Kier alpha value is -1.64. The summed E-state index contributed by atoms with van der Waals surface area (Å²) in [5, 5.41) is 10.1. The number of nitrogen functional groups attached to an aromatic ring is 1. The number of phenolic OH excluding ortho intramolecular Hbond substituents is 1. The highest BCUT2D eigenvalue weighted by Gasteiger charge is 2.01. The molecular weight excluding hydrogens is 140 g/mol. The molecule has 1 heterocycles. The van der Waals surface area contributed by atoms with Crippen LogP contribution >= 0.6 is 0 Å². The van der Waals surface area contributed by atoms with E-state index < -0.39 is 0 Å². The molecule has 3 heteroatoms. The van der Waals surface area contributed by atoms with Crippen LogP contribution in [-0.2, 0) is 0 Å². The van der Waals surface area contributed by atoms with E-state index in [0.717, 1.165) is 10.9 Å². The van der Waals surface area contributed by atoms with E-state index in [2.05, 4.69) is 4.98 Å². The summed E-state index contributed by atoms with van der Waals surface area (Å²) in [7, 11) is 0. The van der Waals surface area contributed by atoms with E-state index in [0.29, 0.717) is 5.69 Å². The standard InChI is InChI=1S/C8H8N2O/c9-6-1-2-7(11)5-3-4-10-8(5)6/h1-4,10-11H,9H2. The fourth-order valence-corrected chi connectivity index (χ4v) is 1.16. The average molecular weight is 148 g/mol. The number of aromatic nitrogens is 1. The smallest absolute Gasteiger partial charge is 0.125 e. The molecule has 0 radical (unpaired) electrons. The maximum absolute atomic E-state index is 9.31. The van der Waals surface area contributed by atoms with Gasteiger partial charge in [0.1, 0.15) is 5.75 Å². The first-order valence-electron chi connectivity index (χ1n) is 3.33. The lowest BCUT2D eigenvalue weighted by Gasteiger charge is -1.97. The zero-order valence-corrected chi connectivity index (χ0v) is 5.83. The molecule has 0 amide bonds. The minimum Gasteiger partial charge on any atom is -0.507 e. The molecule has 56 valence electrons. The number of nitrogens with one attached hydrogen (secondary N) is 1. The Morgan fingerprint density at radius 2 is 2.09 bits per heavy atom. The summed E-state index contributed by atoms with van der Waals surface area (Å²) < 4.78 is 0. The summed E-state index contributed by atoms with van der Waals surface area (Å²) in [5.41, 5.74) is 7.08. The van der Waals surface area contributed by atoms with Crippen molar-refractivity contribution in [1.82, 2.24) is 4.98 Å². The van der Waals surface area contributed by atoms with Crippen LogP contribution in [-0.4, -0.2) is 10.1 Å². The highest BCUT2D eigenvalue weighted by Crippen LogP contribution is 2.27. The van der Waals surface area contributed by atoms with Crippen LogP contribution < -0.4 is 5.73 Å². The Morgan fingerprint density at radius 3 is 2.82 bits per heavy atom. The SMILES string of the molecule is Nc1ccc(O)c2cc[nH]c12. The first kappa shape index (κ1) is 6.09. The lowest BCUT2D eigenvalue weighted by Crippen LogP contribution is -1.85. The van der Waals surface area contributed by atoms with Gasteiger partial charge in [-0.25, -0.2) is 0 Å². The normalized spacial score (nSPS) is 10.5.